The molecule has 0 saturated heterocycles. The van der Waals surface area contributed by atoms with Crippen molar-refractivity contribution in [2.75, 3.05) is 5.32 Å². The van der Waals surface area contributed by atoms with Gasteiger partial charge in [-0.3, -0.25) is 4.79 Å². The van der Waals surface area contributed by atoms with Gasteiger partial charge in [0.2, 0.25) is 0 Å². The molecule has 1 aliphatic rings. The van der Waals surface area contributed by atoms with Gasteiger partial charge in [0.1, 0.15) is 5.82 Å². The van der Waals surface area contributed by atoms with E-state index >= 15 is 0 Å². The summed E-state index contributed by atoms with van der Waals surface area (Å²) in [6.45, 7) is 0. The second kappa shape index (κ2) is 7.30. The van der Waals surface area contributed by atoms with Crippen molar-refractivity contribution in [1.82, 2.24) is 15.0 Å². The highest BCUT2D eigenvalue weighted by Gasteiger charge is 2.42. The smallest absolute Gasteiger partial charge is 0.321 e. The second-order valence-electron chi connectivity index (χ2n) is 7.33. The fraction of sp³-hybridized carbons (Fsp3) is 0.0870. The van der Waals surface area contributed by atoms with Crippen LogP contribution in [-0.2, 0) is 12.6 Å². The lowest BCUT2D eigenvalue weighted by atomic mass is 10.1. The SMILES string of the molecule is O=C(Nc1ccc2c(c1)Cc1ccccc1-2)c1nnn(-c2ccc(F)cc2)c1C(F)(F)F. The Kier molecular flexibility index (Phi) is 4.54. The number of hydrogen-bond acceptors (Lipinski definition) is 3. The number of rotatable bonds is 3. The van der Waals surface area contributed by atoms with Crippen molar-refractivity contribution in [2.45, 2.75) is 12.6 Å². The molecule has 0 aliphatic heterocycles. The lowest BCUT2D eigenvalue weighted by molar-refractivity contribution is -0.143. The molecule has 5 rings (SSSR count). The summed E-state index contributed by atoms with van der Waals surface area (Å²) in [5.74, 6) is -1.65. The third-order valence-electron chi connectivity index (χ3n) is 5.28. The number of nitrogens with one attached hydrogen (secondary N) is 1. The summed E-state index contributed by atoms with van der Waals surface area (Å²) in [5, 5.41) is 9.45. The number of anilines is 1. The van der Waals surface area contributed by atoms with E-state index in [0.29, 0.717) is 16.8 Å². The summed E-state index contributed by atoms with van der Waals surface area (Å²) >= 11 is 0. The van der Waals surface area contributed by atoms with Crippen LogP contribution in [0.3, 0.4) is 0 Å². The van der Waals surface area contributed by atoms with E-state index in [1.165, 1.54) is 0 Å². The van der Waals surface area contributed by atoms with E-state index in [4.69, 9.17) is 0 Å². The number of alkyl halides is 3. The number of carbonyl (C=O) groups is 1. The molecule has 1 heterocycles. The predicted octanol–water partition coefficient (Wildman–Crippen LogP) is 5.25. The van der Waals surface area contributed by atoms with Crippen molar-refractivity contribution in [3.63, 3.8) is 0 Å². The molecule has 1 amide bonds. The van der Waals surface area contributed by atoms with E-state index in [2.05, 4.69) is 15.6 Å². The maximum Gasteiger partial charge on any atom is 0.435 e. The number of amides is 1. The van der Waals surface area contributed by atoms with E-state index in [1.54, 1.807) is 12.1 Å². The minimum absolute atomic E-state index is 0.0689. The van der Waals surface area contributed by atoms with Crippen molar-refractivity contribution in [3.05, 3.63) is 95.1 Å². The Hall–Kier alpha value is -4.01. The first kappa shape index (κ1) is 19.9. The standard InChI is InChI=1S/C23H14F4N4O/c24-15-5-8-17(9-6-15)31-21(23(25,26)27)20(29-30-31)22(32)28-16-7-10-19-14(12-16)11-13-3-1-2-4-18(13)19/h1-10,12H,11H2,(H,28,32). The molecule has 0 atom stereocenters. The normalized spacial score (nSPS) is 12.4. The Labute approximate surface area is 179 Å². The Bertz CT molecular complexity index is 1340. The van der Waals surface area contributed by atoms with Crippen molar-refractivity contribution >= 4 is 11.6 Å². The second-order valence-corrected chi connectivity index (χ2v) is 7.33. The lowest BCUT2D eigenvalue weighted by Gasteiger charge is -2.12. The predicted molar refractivity (Wildman–Crippen MR) is 109 cm³/mol. The van der Waals surface area contributed by atoms with Crippen LogP contribution in [0.15, 0.2) is 66.7 Å². The summed E-state index contributed by atoms with van der Waals surface area (Å²) in [7, 11) is 0. The van der Waals surface area contributed by atoms with Crippen LogP contribution in [0.2, 0.25) is 0 Å². The van der Waals surface area contributed by atoms with Crippen LogP contribution in [0, 0.1) is 5.82 Å². The molecular weight excluding hydrogens is 424 g/mol. The highest BCUT2D eigenvalue weighted by Crippen LogP contribution is 2.38. The first-order valence-electron chi connectivity index (χ1n) is 9.62. The number of carbonyl (C=O) groups excluding carboxylic acids is 1. The van der Waals surface area contributed by atoms with E-state index in [1.807, 2.05) is 30.3 Å². The zero-order chi connectivity index (χ0) is 22.5. The van der Waals surface area contributed by atoms with Crippen LogP contribution >= 0.6 is 0 Å². The van der Waals surface area contributed by atoms with Crippen LogP contribution in [0.4, 0.5) is 23.2 Å². The molecule has 3 aromatic carbocycles. The van der Waals surface area contributed by atoms with E-state index in [0.717, 1.165) is 46.5 Å². The molecule has 0 unspecified atom stereocenters. The number of benzene rings is 3. The number of nitrogens with zero attached hydrogens (tertiary/aromatic N) is 3. The van der Waals surface area contributed by atoms with Crippen LogP contribution in [0.25, 0.3) is 16.8 Å². The number of halogens is 4. The minimum atomic E-state index is -4.91. The van der Waals surface area contributed by atoms with Crippen LogP contribution in [-0.4, -0.2) is 20.9 Å². The molecule has 32 heavy (non-hydrogen) atoms. The molecule has 160 valence electrons. The fourth-order valence-corrected chi connectivity index (χ4v) is 3.87. The summed E-state index contributed by atoms with van der Waals surface area (Å²) in [4.78, 5) is 12.7. The van der Waals surface area contributed by atoms with Crippen LogP contribution < -0.4 is 5.32 Å². The third kappa shape index (κ3) is 3.41. The first-order chi connectivity index (χ1) is 15.3. The lowest BCUT2D eigenvalue weighted by Crippen LogP contribution is -2.21. The molecule has 4 aromatic rings. The average molecular weight is 438 g/mol. The maximum atomic E-state index is 13.8. The topological polar surface area (TPSA) is 59.8 Å². The van der Waals surface area contributed by atoms with Gasteiger partial charge in [0.05, 0.1) is 5.69 Å². The average Bonchev–Trinajstić information content (AvgIpc) is 3.36. The van der Waals surface area contributed by atoms with Crippen LogP contribution in [0.1, 0.15) is 27.3 Å². The summed E-state index contributed by atoms with van der Waals surface area (Å²) in [6.07, 6.45) is -4.24. The van der Waals surface area contributed by atoms with Crippen molar-refractivity contribution in [3.8, 4) is 16.8 Å². The van der Waals surface area contributed by atoms with Crippen molar-refractivity contribution in [2.24, 2.45) is 0 Å². The van der Waals surface area contributed by atoms with Gasteiger partial charge in [-0.25, -0.2) is 9.07 Å². The van der Waals surface area contributed by atoms with Gasteiger partial charge >= 0.3 is 6.18 Å². The monoisotopic (exact) mass is 438 g/mol. The molecule has 0 saturated carbocycles. The van der Waals surface area contributed by atoms with Gasteiger partial charge < -0.3 is 5.32 Å². The molecule has 0 bridgehead atoms. The zero-order valence-corrected chi connectivity index (χ0v) is 16.3. The van der Waals surface area contributed by atoms with Gasteiger partial charge in [-0.2, -0.15) is 13.2 Å². The molecule has 1 aliphatic carbocycles. The third-order valence-corrected chi connectivity index (χ3v) is 5.28. The largest absolute Gasteiger partial charge is 0.435 e. The van der Waals surface area contributed by atoms with Crippen LogP contribution in [0.5, 0.6) is 0 Å². The Morgan fingerprint density at radius 1 is 0.938 bits per heavy atom. The number of aromatic nitrogens is 3. The molecule has 1 N–H and O–H groups in total. The Balaban J connectivity index is 1.47. The van der Waals surface area contributed by atoms with E-state index in [-0.39, 0.29) is 5.69 Å². The number of hydrogen-bond donors (Lipinski definition) is 1. The Morgan fingerprint density at radius 3 is 2.41 bits per heavy atom. The fourth-order valence-electron chi connectivity index (χ4n) is 3.87. The maximum absolute atomic E-state index is 13.8. The molecule has 0 fully saturated rings. The summed E-state index contributed by atoms with van der Waals surface area (Å²) < 4.78 is 55.0. The van der Waals surface area contributed by atoms with Crippen molar-refractivity contribution < 1.29 is 22.4 Å². The van der Waals surface area contributed by atoms with Crippen molar-refractivity contribution in [1.29, 1.82) is 0 Å². The van der Waals surface area contributed by atoms with E-state index in [9.17, 15) is 22.4 Å². The zero-order valence-electron chi connectivity index (χ0n) is 16.3. The molecule has 0 radical (unpaired) electrons. The van der Waals surface area contributed by atoms with Gasteiger partial charge in [-0.1, -0.05) is 35.5 Å². The minimum Gasteiger partial charge on any atom is -0.321 e. The molecule has 1 aromatic heterocycles. The molecule has 0 spiro atoms. The number of fused-ring (bicyclic) bond motifs is 3. The highest BCUT2D eigenvalue weighted by molar-refractivity contribution is 6.04. The summed E-state index contributed by atoms with van der Waals surface area (Å²) in [5.41, 5.74) is 2.31. The van der Waals surface area contributed by atoms with Gasteiger partial charge in [-0.05, 0) is 65.1 Å². The van der Waals surface area contributed by atoms with E-state index < -0.39 is 29.3 Å². The van der Waals surface area contributed by atoms with Gasteiger partial charge in [0.25, 0.3) is 5.91 Å². The Morgan fingerprint density at radius 2 is 1.66 bits per heavy atom. The van der Waals surface area contributed by atoms with Gasteiger partial charge in [0, 0.05) is 5.69 Å². The molecule has 5 nitrogen and oxygen atoms in total. The highest BCUT2D eigenvalue weighted by atomic mass is 19.4. The summed E-state index contributed by atoms with van der Waals surface area (Å²) in [6, 6.07) is 17.3. The quantitative estimate of drug-likeness (QED) is 0.392. The first-order valence-corrected chi connectivity index (χ1v) is 9.62. The van der Waals surface area contributed by atoms with Gasteiger partial charge in [0.15, 0.2) is 11.4 Å². The molecule has 9 heteroatoms. The molecular formula is C23H14F4N4O. The van der Waals surface area contributed by atoms with Gasteiger partial charge in [-0.15, -0.1) is 5.10 Å².